The number of hydrogen-bond donors (Lipinski definition) is 0. The fourth-order valence-electron chi connectivity index (χ4n) is 4.28. The van der Waals surface area contributed by atoms with Crippen molar-refractivity contribution in [1.82, 2.24) is 24.8 Å². The summed E-state index contributed by atoms with van der Waals surface area (Å²) in [6, 6.07) is 5.31. The molecule has 0 N–H and O–H groups in total. The number of aryl methyl sites for hydroxylation is 1. The van der Waals surface area contributed by atoms with E-state index < -0.39 is 0 Å². The molecular weight excluding hydrogens is 420 g/mol. The van der Waals surface area contributed by atoms with Crippen LogP contribution in [0.25, 0.3) is 11.3 Å². The summed E-state index contributed by atoms with van der Waals surface area (Å²) >= 11 is 5.88. The van der Waals surface area contributed by atoms with Crippen molar-refractivity contribution < 1.29 is 9.32 Å². The van der Waals surface area contributed by atoms with Gasteiger partial charge in [-0.1, -0.05) is 16.8 Å². The first-order valence-electron chi connectivity index (χ1n) is 10.2. The van der Waals surface area contributed by atoms with Crippen molar-refractivity contribution in [3.63, 3.8) is 0 Å². The van der Waals surface area contributed by atoms with Gasteiger partial charge in [0.2, 0.25) is 5.91 Å². The number of carbonyl (C=O) groups excluding carboxylic acids is 1. The fraction of sp³-hybridized carbons (Fsp3) is 0.381. The van der Waals surface area contributed by atoms with Crippen LogP contribution in [0, 0.1) is 6.92 Å². The highest BCUT2D eigenvalue weighted by Gasteiger charge is 2.35. The third kappa shape index (κ3) is 3.69. The molecule has 5 heterocycles. The summed E-state index contributed by atoms with van der Waals surface area (Å²) in [5.41, 5.74) is 2.71. The van der Waals surface area contributed by atoms with Crippen molar-refractivity contribution in [3.05, 3.63) is 57.4 Å². The molecule has 2 aliphatic heterocycles. The Morgan fingerprint density at radius 1 is 1.23 bits per heavy atom. The van der Waals surface area contributed by atoms with E-state index in [1.54, 1.807) is 31.5 Å². The molecule has 1 atom stereocenters. The van der Waals surface area contributed by atoms with E-state index in [0.717, 1.165) is 29.8 Å². The minimum absolute atomic E-state index is 0.205. The number of rotatable bonds is 4. The molecule has 5 rings (SSSR count). The molecule has 0 aromatic carbocycles. The summed E-state index contributed by atoms with van der Waals surface area (Å²) in [6.07, 6.45) is 4.81. The Hall–Kier alpha value is -3.20. The molecule has 160 valence electrons. The third-order valence-electron chi connectivity index (χ3n) is 6.01. The summed E-state index contributed by atoms with van der Waals surface area (Å²) < 4.78 is 6.76. The van der Waals surface area contributed by atoms with Crippen LogP contribution < -0.4 is 10.5 Å². The average Bonchev–Trinajstić information content (AvgIpc) is 3.32. The third-order valence-corrected chi connectivity index (χ3v) is 6.23. The van der Waals surface area contributed by atoms with E-state index in [-0.39, 0.29) is 24.1 Å². The number of amides is 1. The molecule has 2 fully saturated rings. The molecule has 2 saturated heterocycles. The second-order valence-corrected chi connectivity index (χ2v) is 8.26. The quantitative estimate of drug-likeness (QED) is 0.573. The van der Waals surface area contributed by atoms with E-state index in [2.05, 4.69) is 20.1 Å². The summed E-state index contributed by atoms with van der Waals surface area (Å²) in [4.78, 5) is 32.9. The van der Waals surface area contributed by atoms with Crippen LogP contribution >= 0.6 is 11.6 Å². The van der Waals surface area contributed by atoms with Crippen LogP contribution in [0.15, 0.2) is 39.9 Å². The molecule has 3 aromatic rings. The van der Waals surface area contributed by atoms with E-state index in [4.69, 9.17) is 16.1 Å². The maximum atomic E-state index is 12.8. The molecule has 2 aliphatic rings. The molecule has 1 amide bonds. The molecule has 0 saturated carbocycles. The first-order chi connectivity index (χ1) is 15.0. The van der Waals surface area contributed by atoms with E-state index in [0.29, 0.717) is 36.1 Å². The van der Waals surface area contributed by atoms with E-state index in [1.807, 2.05) is 11.0 Å². The second-order valence-electron chi connectivity index (χ2n) is 7.87. The van der Waals surface area contributed by atoms with Crippen molar-refractivity contribution in [2.75, 3.05) is 24.5 Å². The Bertz CT molecular complexity index is 1190. The van der Waals surface area contributed by atoms with Gasteiger partial charge in [0.05, 0.1) is 18.4 Å². The predicted octanol–water partition coefficient (Wildman–Crippen LogP) is 2.11. The zero-order valence-electron chi connectivity index (χ0n) is 17.0. The molecule has 0 aliphatic carbocycles. The molecule has 0 bridgehead atoms. The molecule has 3 aromatic heterocycles. The van der Waals surface area contributed by atoms with Crippen LogP contribution in [0.4, 0.5) is 5.69 Å². The van der Waals surface area contributed by atoms with Crippen molar-refractivity contribution in [2.45, 2.75) is 32.4 Å². The van der Waals surface area contributed by atoms with Gasteiger partial charge < -0.3 is 14.3 Å². The smallest absolute Gasteiger partial charge is 0.269 e. The molecule has 9 nitrogen and oxygen atoms in total. The van der Waals surface area contributed by atoms with E-state index in [1.165, 1.54) is 4.68 Å². The van der Waals surface area contributed by atoms with Crippen molar-refractivity contribution in [2.24, 2.45) is 0 Å². The van der Waals surface area contributed by atoms with Crippen LogP contribution in [0.1, 0.15) is 24.2 Å². The van der Waals surface area contributed by atoms with Crippen LogP contribution in [-0.2, 0) is 11.3 Å². The Morgan fingerprint density at radius 3 is 2.87 bits per heavy atom. The summed E-state index contributed by atoms with van der Waals surface area (Å²) in [5, 5.41) is 8.91. The number of anilines is 1. The Morgan fingerprint density at radius 2 is 2.10 bits per heavy atom. The first-order valence-corrected chi connectivity index (χ1v) is 10.6. The lowest BCUT2D eigenvalue weighted by Crippen LogP contribution is -2.51. The largest absolute Gasteiger partial charge is 0.366 e. The van der Waals surface area contributed by atoms with Gasteiger partial charge in [0.25, 0.3) is 5.56 Å². The summed E-state index contributed by atoms with van der Waals surface area (Å²) in [7, 11) is 0. The molecular formula is C21H21ClN6O3. The standard InChI is InChI=1S/C21H21ClN6O3/c1-13-17(21(25-31-13)14-2-4-18(22)23-9-14)12-28-20(30)8-16(10-24-28)26-6-7-27-15(11-26)3-5-19(27)29/h2,4,8-10,15H,3,5-7,11-12H2,1H3. The molecule has 0 radical (unpaired) electrons. The normalized spacial score (nSPS) is 18.5. The highest BCUT2D eigenvalue weighted by molar-refractivity contribution is 6.29. The predicted molar refractivity (Wildman–Crippen MR) is 114 cm³/mol. The highest BCUT2D eigenvalue weighted by Crippen LogP contribution is 2.27. The molecule has 1 unspecified atom stereocenters. The van der Waals surface area contributed by atoms with Gasteiger partial charge in [0.15, 0.2) is 0 Å². The number of piperazine rings is 1. The fourth-order valence-corrected chi connectivity index (χ4v) is 4.40. The Balaban J connectivity index is 1.37. The van der Waals surface area contributed by atoms with Gasteiger partial charge in [0.1, 0.15) is 16.6 Å². The van der Waals surface area contributed by atoms with Gasteiger partial charge in [0, 0.05) is 55.5 Å². The van der Waals surface area contributed by atoms with E-state index >= 15 is 0 Å². The maximum absolute atomic E-state index is 12.8. The molecule has 10 heteroatoms. The van der Waals surface area contributed by atoms with Gasteiger partial charge in [-0.2, -0.15) is 5.10 Å². The number of hydrogen-bond acceptors (Lipinski definition) is 7. The SMILES string of the molecule is Cc1onc(-c2ccc(Cl)nc2)c1Cn1ncc(N2CCN3C(=O)CCC3C2)cc1=O. The molecule has 31 heavy (non-hydrogen) atoms. The van der Waals surface area contributed by atoms with Gasteiger partial charge in [-0.25, -0.2) is 9.67 Å². The van der Waals surface area contributed by atoms with Crippen LogP contribution in [-0.4, -0.2) is 56.4 Å². The monoisotopic (exact) mass is 440 g/mol. The van der Waals surface area contributed by atoms with Crippen LogP contribution in [0.5, 0.6) is 0 Å². The van der Waals surface area contributed by atoms with Crippen molar-refractivity contribution >= 4 is 23.2 Å². The summed E-state index contributed by atoms with van der Waals surface area (Å²) in [6.45, 7) is 4.15. The number of fused-ring (bicyclic) bond motifs is 1. The number of nitrogens with zero attached hydrogens (tertiary/aromatic N) is 6. The van der Waals surface area contributed by atoms with Gasteiger partial charge in [-0.15, -0.1) is 0 Å². The average molecular weight is 441 g/mol. The van der Waals surface area contributed by atoms with Gasteiger partial charge in [-0.05, 0) is 25.5 Å². The zero-order valence-corrected chi connectivity index (χ0v) is 17.7. The minimum Gasteiger partial charge on any atom is -0.366 e. The number of pyridine rings is 1. The zero-order chi connectivity index (χ0) is 21.5. The molecule has 0 spiro atoms. The Kier molecular flexibility index (Phi) is 4.97. The number of aromatic nitrogens is 4. The summed E-state index contributed by atoms with van der Waals surface area (Å²) in [5.74, 6) is 0.846. The lowest BCUT2D eigenvalue weighted by molar-refractivity contribution is -0.129. The van der Waals surface area contributed by atoms with Crippen LogP contribution in [0.3, 0.4) is 0 Å². The van der Waals surface area contributed by atoms with E-state index in [9.17, 15) is 9.59 Å². The lowest BCUT2D eigenvalue weighted by atomic mass is 10.1. The van der Waals surface area contributed by atoms with Gasteiger partial charge >= 0.3 is 0 Å². The Labute approximate surface area is 183 Å². The van der Waals surface area contributed by atoms with Crippen molar-refractivity contribution in [1.29, 1.82) is 0 Å². The number of carbonyl (C=O) groups is 1. The lowest BCUT2D eigenvalue weighted by Gasteiger charge is -2.38. The number of halogens is 1. The maximum Gasteiger partial charge on any atom is 0.269 e. The minimum atomic E-state index is -0.205. The van der Waals surface area contributed by atoms with Crippen LogP contribution in [0.2, 0.25) is 5.15 Å². The first kappa shape index (κ1) is 19.7. The van der Waals surface area contributed by atoms with Crippen molar-refractivity contribution in [3.8, 4) is 11.3 Å². The highest BCUT2D eigenvalue weighted by atomic mass is 35.5. The van der Waals surface area contributed by atoms with Gasteiger partial charge in [-0.3, -0.25) is 9.59 Å². The second kappa shape index (κ2) is 7.81. The topological polar surface area (TPSA) is 97.4 Å².